The molecule has 0 aliphatic carbocycles. The first-order valence-corrected chi connectivity index (χ1v) is 5.28. The summed E-state index contributed by atoms with van der Waals surface area (Å²) in [6.07, 6.45) is -1.09. The Morgan fingerprint density at radius 1 is 1.33 bits per heavy atom. The number of benzene rings is 1. The molecule has 3 N–H and O–H groups in total. The molecule has 0 saturated carbocycles. The van der Waals surface area contributed by atoms with Crippen molar-refractivity contribution in [3.63, 3.8) is 0 Å². The van der Waals surface area contributed by atoms with Crippen molar-refractivity contribution < 1.29 is 19.1 Å². The average Bonchev–Trinajstić information content (AvgIpc) is 2.27. The molecular formula is C12H14N2O4. The largest absolute Gasteiger partial charge is 0.449 e. The Hall–Kier alpha value is -2.37. The Bertz CT molecular complexity index is 485. The van der Waals surface area contributed by atoms with Gasteiger partial charge in [0.25, 0.3) is 5.91 Å². The minimum atomic E-state index is -1.09. The third kappa shape index (κ3) is 3.89. The number of imide groups is 1. The summed E-state index contributed by atoms with van der Waals surface area (Å²) in [5.41, 5.74) is 6.02. The van der Waals surface area contributed by atoms with Gasteiger partial charge in [0.2, 0.25) is 0 Å². The molecule has 3 amide bonds. The fourth-order valence-corrected chi connectivity index (χ4v) is 1.28. The first-order chi connectivity index (χ1) is 8.40. The average molecular weight is 250 g/mol. The highest BCUT2D eigenvalue weighted by Gasteiger charge is 2.19. The standard InChI is InChI=1S/C12H14N2O4/c1-7-4-3-5-9(6-7)11(16)18-8(2)10(15)14-12(13)17/h3-6,8H,1-2H3,(H3,13,14,15,17)/t8-/m1/s1. The number of rotatable bonds is 3. The predicted octanol–water partition coefficient (Wildman–Crippen LogP) is 0.735. The van der Waals surface area contributed by atoms with Gasteiger partial charge in [0.15, 0.2) is 6.10 Å². The van der Waals surface area contributed by atoms with Crippen LogP contribution in [0.1, 0.15) is 22.8 Å². The molecule has 0 aromatic heterocycles. The summed E-state index contributed by atoms with van der Waals surface area (Å²) < 4.78 is 4.90. The lowest BCUT2D eigenvalue weighted by atomic mass is 10.1. The molecule has 6 heteroatoms. The molecule has 0 saturated heterocycles. The van der Waals surface area contributed by atoms with Crippen molar-refractivity contribution in [1.29, 1.82) is 0 Å². The highest BCUT2D eigenvalue weighted by atomic mass is 16.5. The van der Waals surface area contributed by atoms with Crippen molar-refractivity contribution in [2.45, 2.75) is 20.0 Å². The smallest absolute Gasteiger partial charge is 0.338 e. The molecule has 0 spiro atoms. The van der Waals surface area contributed by atoms with E-state index in [0.29, 0.717) is 5.56 Å². The Kier molecular flexibility index (Phi) is 4.42. The van der Waals surface area contributed by atoms with E-state index in [9.17, 15) is 14.4 Å². The Labute approximate surface area is 104 Å². The number of nitrogens with two attached hydrogens (primary N) is 1. The van der Waals surface area contributed by atoms with Crippen molar-refractivity contribution in [1.82, 2.24) is 5.32 Å². The van der Waals surface area contributed by atoms with Crippen LogP contribution in [-0.2, 0) is 9.53 Å². The molecular weight excluding hydrogens is 236 g/mol. The van der Waals surface area contributed by atoms with Crippen molar-refractivity contribution >= 4 is 17.9 Å². The van der Waals surface area contributed by atoms with Crippen LogP contribution in [0, 0.1) is 6.92 Å². The Balaban J connectivity index is 2.65. The number of aryl methyl sites for hydroxylation is 1. The molecule has 0 aliphatic heterocycles. The molecule has 0 aliphatic rings. The predicted molar refractivity (Wildman–Crippen MR) is 63.8 cm³/mol. The van der Waals surface area contributed by atoms with Gasteiger partial charge in [0, 0.05) is 0 Å². The van der Waals surface area contributed by atoms with Crippen molar-refractivity contribution in [2.24, 2.45) is 5.73 Å². The number of hydrogen-bond donors (Lipinski definition) is 2. The molecule has 6 nitrogen and oxygen atoms in total. The zero-order valence-corrected chi connectivity index (χ0v) is 10.1. The lowest BCUT2D eigenvalue weighted by molar-refractivity contribution is -0.127. The molecule has 1 rings (SSSR count). The summed E-state index contributed by atoms with van der Waals surface area (Å²) >= 11 is 0. The maximum atomic E-state index is 11.7. The van der Waals surface area contributed by atoms with Gasteiger partial charge in [-0.2, -0.15) is 0 Å². The molecule has 96 valence electrons. The van der Waals surface area contributed by atoms with Gasteiger partial charge < -0.3 is 10.5 Å². The molecule has 0 radical (unpaired) electrons. The maximum Gasteiger partial charge on any atom is 0.338 e. The van der Waals surface area contributed by atoms with E-state index < -0.39 is 24.0 Å². The van der Waals surface area contributed by atoms with Crippen LogP contribution in [0.15, 0.2) is 24.3 Å². The fourth-order valence-electron chi connectivity index (χ4n) is 1.28. The Morgan fingerprint density at radius 2 is 2.00 bits per heavy atom. The second-order valence-electron chi connectivity index (χ2n) is 3.77. The van der Waals surface area contributed by atoms with Crippen molar-refractivity contribution in [2.75, 3.05) is 0 Å². The number of amides is 3. The van der Waals surface area contributed by atoms with Gasteiger partial charge >= 0.3 is 12.0 Å². The summed E-state index contributed by atoms with van der Waals surface area (Å²) in [7, 11) is 0. The fraction of sp³-hybridized carbons (Fsp3) is 0.250. The second kappa shape index (κ2) is 5.81. The normalized spacial score (nSPS) is 11.4. The van der Waals surface area contributed by atoms with Crippen LogP contribution >= 0.6 is 0 Å². The lowest BCUT2D eigenvalue weighted by Gasteiger charge is -2.12. The topological polar surface area (TPSA) is 98.5 Å². The van der Waals surface area contributed by atoms with Crippen LogP contribution in [0.2, 0.25) is 0 Å². The highest BCUT2D eigenvalue weighted by molar-refractivity contribution is 5.98. The number of hydrogen-bond acceptors (Lipinski definition) is 4. The quantitative estimate of drug-likeness (QED) is 0.773. The number of primary amides is 1. The summed E-state index contributed by atoms with van der Waals surface area (Å²) in [5, 5.41) is 1.83. The van der Waals surface area contributed by atoms with E-state index in [1.54, 1.807) is 18.2 Å². The van der Waals surface area contributed by atoms with Gasteiger partial charge in [-0.3, -0.25) is 10.1 Å². The number of ether oxygens (including phenoxy) is 1. The summed E-state index contributed by atoms with van der Waals surface area (Å²) in [4.78, 5) is 33.4. The van der Waals surface area contributed by atoms with E-state index in [4.69, 9.17) is 10.5 Å². The van der Waals surface area contributed by atoms with Crippen molar-refractivity contribution in [3.8, 4) is 0 Å². The van der Waals surface area contributed by atoms with E-state index >= 15 is 0 Å². The van der Waals surface area contributed by atoms with Crippen LogP contribution in [0.25, 0.3) is 0 Å². The first kappa shape index (κ1) is 13.7. The highest BCUT2D eigenvalue weighted by Crippen LogP contribution is 2.07. The SMILES string of the molecule is Cc1cccc(C(=O)O[C@H](C)C(=O)NC(N)=O)c1. The van der Waals surface area contributed by atoms with Crippen LogP contribution in [0.3, 0.4) is 0 Å². The minimum absolute atomic E-state index is 0.341. The molecule has 1 aromatic carbocycles. The van der Waals surface area contributed by atoms with Crippen LogP contribution in [-0.4, -0.2) is 24.0 Å². The van der Waals surface area contributed by atoms with Gasteiger partial charge in [-0.25, -0.2) is 9.59 Å². The summed E-state index contributed by atoms with van der Waals surface area (Å²) in [5.74, 6) is -1.39. The van der Waals surface area contributed by atoms with Crippen LogP contribution < -0.4 is 11.1 Å². The Morgan fingerprint density at radius 3 is 2.56 bits per heavy atom. The minimum Gasteiger partial charge on any atom is -0.449 e. The molecule has 0 unspecified atom stereocenters. The third-order valence-corrected chi connectivity index (χ3v) is 2.15. The number of carbonyl (C=O) groups excluding carboxylic acids is 3. The van der Waals surface area contributed by atoms with E-state index in [-0.39, 0.29) is 0 Å². The van der Waals surface area contributed by atoms with Gasteiger partial charge in [-0.1, -0.05) is 17.7 Å². The molecule has 0 heterocycles. The maximum absolute atomic E-state index is 11.7. The zero-order valence-electron chi connectivity index (χ0n) is 10.1. The third-order valence-electron chi connectivity index (χ3n) is 2.15. The molecule has 1 aromatic rings. The monoisotopic (exact) mass is 250 g/mol. The number of urea groups is 1. The molecule has 0 fully saturated rings. The summed E-state index contributed by atoms with van der Waals surface area (Å²) in [6, 6.07) is 5.77. The number of esters is 1. The molecule has 0 bridgehead atoms. The van der Waals surface area contributed by atoms with Gasteiger partial charge in [-0.15, -0.1) is 0 Å². The van der Waals surface area contributed by atoms with Crippen molar-refractivity contribution in [3.05, 3.63) is 35.4 Å². The van der Waals surface area contributed by atoms with E-state index in [1.165, 1.54) is 6.92 Å². The van der Waals surface area contributed by atoms with E-state index in [2.05, 4.69) is 0 Å². The van der Waals surface area contributed by atoms with E-state index in [1.807, 2.05) is 18.3 Å². The molecule has 1 atom stereocenters. The van der Waals surface area contributed by atoms with Gasteiger partial charge in [0.05, 0.1) is 5.56 Å². The number of nitrogens with one attached hydrogen (secondary N) is 1. The number of carbonyl (C=O) groups is 3. The summed E-state index contributed by atoms with van der Waals surface area (Å²) in [6.45, 7) is 3.19. The lowest BCUT2D eigenvalue weighted by Crippen LogP contribution is -2.42. The van der Waals surface area contributed by atoms with E-state index in [0.717, 1.165) is 5.56 Å². The second-order valence-corrected chi connectivity index (χ2v) is 3.77. The molecule has 18 heavy (non-hydrogen) atoms. The van der Waals surface area contributed by atoms with Crippen LogP contribution in [0.4, 0.5) is 4.79 Å². The van der Waals surface area contributed by atoms with Crippen LogP contribution in [0.5, 0.6) is 0 Å². The van der Waals surface area contributed by atoms with Gasteiger partial charge in [0.1, 0.15) is 0 Å². The van der Waals surface area contributed by atoms with Gasteiger partial charge in [-0.05, 0) is 26.0 Å². The zero-order chi connectivity index (χ0) is 13.7. The first-order valence-electron chi connectivity index (χ1n) is 5.28.